The van der Waals surface area contributed by atoms with Crippen LogP contribution in [0, 0.1) is 6.92 Å². The maximum absolute atomic E-state index is 11.7. The van der Waals surface area contributed by atoms with Crippen LogP contribution in [0.15, 0.2) is 48.5 Å². The monoisotopic (exact) mass is 319 g/mol. The van der Waals surface area contributed by atoms with E-state index in [4.69, 9.17) is 16.3 Å². The number of rotatable bonds is 6. The summed E-state index contributed by atoms with van der Waals surface area (Å²) in [5.74, 6) is 0.342. The van der Waals surface area contributed by atoms with Crippen molar-refractivity contribution < 1.29 is 14.6 Å². The average molecular weight is 320 g/mol. The summed E-state index contributed by atoms with van der Waals surface area (Å²) < 4.78 is 5.39. The van der Waals surface area contributed by atoms with E-state index in [1.54, 1.807) is 30.3 Å². The number of carbonyl (C=O) groups is 1. The molecule has 2 N–H and O–H groups in total. The number of benzene rings is 2. The Bertz CT molecular complexity index is 645. The van der Waals surface area contributed by atoms with Crippen LogP contribution < -0.4 is 10.1 Å². The van der Waals surface area contributed by atoms with Crippen LogP contribution in [0.2, 0.25) is 5.02 Å². The molecule has 5 heteroatoms. The van der Waals surface area contributed by atoms with Gasteiger partial charge in [0.05, 0.1) is 6.10 Å². The predicted molar refractivity (Wildman–Crippen MR) is 86.1 cm³/mol. The Balaban J connectivity index is 1.79. The summed E-state index contributed by atoms with van der Waals surface area (Å²) in [6.45, 7) is 1.94. The van der Waals surface area contributed by atoms with Crippen molar-refractivity contribution in [3.8, 4) is 5.75 Å². The van der Waals surface area contributed by atoms with Crippen molar-refractivity contribution in [1.29, 1.82) is 0 Å². The Labute approximate surface area is 134 Å². The number of amides is 1. The van der Waals surface area contributed by atoms with E-state index in [2.05, 4.69) is 5.32 Å². The maximum Gasteiger partial charge on any atom is 0.258 e. The first-order valence-electron chi connectivity index (χ1n) is 6.95. The number of nitrogens with one attached hydrogen (secondary N) is 1. The lowest BCUT2D eigenvalue weighted by Gasteiger charge is -2.14. The van der Waals surface area contributed by atoms with Crippen molar-refractivity contribution >= 4 is 17.5 Å². The van der Waals surface area contributed by atoms with Crippen molar-refractivity contribution in [2.75, 3.05) is 13.2 Å². The molecule has 0 radical (unpaired) electrons. The minimum Gasteiger partial charge on any atom is -0.484 e. The summed E-state index contributed by atoms with van der Waals surface area (Å²) in [6.07, 6.45) is -0.850. The van der Waals surface area contributed by atoms with Gasteiger partial charge in [0.1, 0.15) is 5.75 Å². The Hall–Kier alpha value is -2.04. The fraction of sp³-hybridized carbons (Fsp3) is 0.235. The lowest BCUT2D eigenvalue weighted by molar-refractivity contribution is -0.123. The first-order chi connectivity index (χ1) is 10.6. The Morgan fingerprint density at radius 3 is 2.77 bits per heavy atom. The summed E-state index contributed by atoms with van der Waals surface area (Å²) in [6, 6.07) is 14.5. The summed E-state index contributed by atoms with van der Waals surface area (Å²) >= 11 is 5.99. The molecule has 2 rings (SSSR count). The molecule has 1 atom stereocenters. The van der Waals surface area contributed by atoms with Crippen LogP contribution in [-0.4, -0.2) is 24.2 Å². The third kappa shape index (κ3) is 4.76. The predicted octanol–water partition coefficient (Wildman–Crippen LogP) is 2.88. The fourth-order valence-electron chi connectivity index (χ4n) is 1.97. The second kappa shape index (κ2) is 7.82. The number of ether oxygens (including phenoxy) is 1. The second-order valence-corrected chi connectivity index (χ2v) is 5.35. The molecule has 0 fully saturated rings. The SMILES string of the molecule is Cc1cccc(OCC(=O)NCC(O)c2ccccc2Cl)c1. The maximum atomic E-state index is 11.7. The van der Waals surface area contributed by atoms with Crippen LogP contribution in [0.5, 0.6) is 5.75 Å². The third-order valence-electron chi connectivity index (χ3n) is 3.12. The Kier molecular flexibility index (Phi) is 5.81. The number of aliphatic hydroxyl groups is 1. The summed E-state index contributed by atoms with van der Waals surface area (Å²) in [5, 5.41) is 13.1. The zero-order valence-electron chi connectivity index (χ0n) is 12.3. The highest BCUT2D eigenvalue weighted by Crippen LogP contribution is 2.21. The topological polar surface area (TPSA) is 58.6 Å². The molecule has 0 aliphatic carbocycles. The van der Waals surface area contributed by atoms with Crippen LogP contribution >= 0.6 is 11.6 Å². The van der Waals surface area contributed by atoms with Gasteiger partial charge in [0.25, 0.3) is 5.91 Å². The van der Waals surface area contributed by atoms with E-state index in [1.807, 2.05) is 25.1 Å². The van der Waals surface area contributed by atoms with Crippen LogP contribution in [0.4, 0.5) is 0 Å². The van der Waals surface area contributed by atoms with E-state index in [1.165, 1.54) is 0 Å². The number of hydrogen-bond donors (Lipinski definition) is 2. The molecular weight excluding hydrogens is 302 g/mol. The molecule has 0 aliphatic heterocycles. The van der Waals surface area contributed by atoms with Gasteiger partial charge in [-0.15, -0.1) is 0 Å². The summed E-state index contributed by atoms with van der Waals surface area (Å²) in [4.78, 5) is 11.7. The average Bonchev–Trinajstić information content (AvgIpc) is 2.51. The molecule has 4 nitrogen and oxygen atoms in total. The number of hydrogen-bond acceptors (Lipinski definition) is 3. The molecule has 2 aromatic carbocycles. The molecule has 0 saturated carbocycles. The highest BCUT2D eigenvalue weighted by Gasteiger charge is 2.12. The van der Waals surface area contributed by atoms with Gasteiger partial charge in [0, 0.05) is 17.1 Å². The standard InChI is InChI=1S/C17H18ClNO3/c1-12-5-4-6-13(9-12)22-11-17(21)19-10-16(20)14-7-2-3-8-15(14)18/h2-9,16,20H,10-11H2,1H3,(H,19,21). The molecule has 0 saturated heterocycles. The molecule has 116 valence electrons. The Morgan fingerprint density at radius 2 is 2.05 bits per heavy atom. The normalized spacial score (nSPS) is 11.8. The highest BCUT2D eigenvalue weighted by molar-refractivity contribution is 6.31. The van der Waals surface area contributed by atoms with Crippen LogP contribution in [-0.2, 0) is 4.79 Å². The fourth-order valence-corrected chi connectivity index (χ4v) is 2.23. The van der Waals surface area contributed by atoms with Gasteiger partial charge in [0.15, 0.2) is 6.61 Å². The molecule has 0 aromatic heterocycles. The van der Waals surface area contributed by atoms with Gasteiger partial charge in [-0.25, -0.2) is 0 Å². The zero-order chi connectivity index (χ0) is 15.9. The molecular formula is C17H18ClNO3. The van der Waals surface area contributed by atoms with Crippen molar-refractivity contribution in [2.24, 2.45) is 0 Å². The molecule has 1 unspecified atom stereocenters. The summed E-state index contributed by atoms with van der Waals surface area (Å²) in [7, 11) is 0. The van der Waals surface area contributed by atoms with E-state index < -0.39 is 6.10 Å². The van der Waals surface area contributed by atoms with E-state index >= 15 is 0 Å². The second-order valence-electron chi connectivity index (χ2n) is 4.95. The molecule has 22 heavy (non-hydrogen) atoms. The molecule has 0 spiro atoms. The van der Waals surface area contributed by atoms with Gasteiger partial charge in [-0.05, 0) is 30.7 Å². The van der Waals surface area contributed by atoms with Crippen molar-refractivity contribution in [3.05, 3.63) is 64.7 Å². The minimum atomic E-state index is -0.850. The van der Waals surface area contributed by atoms with Crippen molar-refractivity contribution in [2.45, 2.75) is 13.0 Å². The van der Waals surface area contributed by atoms with Gasteiger partial charge < -0.3 is 15.2 Å². The highest BCUT2D eigenvalue weighted by atomic mass is 35.5. The lowest BCUT2D eigenvalue weighted by Crippen LogP contribution is -2.32. The van der Waals surface area contributed by atoms with Gasteiger partial charge in [0.2, 0.25) is 0 Å². The van der Waals surface area contributed by atoms with Gasteiger partial charge in [-0.1, -0.05) is 41.9 Å². The van der Waals surface area contributed by atoms with E-state index in [9.17, 15) is 9.90 Å². The van der Waals surface area contributed by atoms with Gasteiger partial charge in [-0.2, -0.15) is 0 Å². The summed E-state index contributed by atoms with van der Waals surface area (Å²) in [5.41, 5.74) is 1.65. The number of aryl methyl sites for hydroxylation is 1. The van der Waals surface area contributed by atoms with Crippen molar-refractivity contribution in [3.63, 3.8) is 0 Å². The molecule has 0 heterocycles. The minimum absolute atomic E-state index is 0.0831. The number of halogens is 1. The van der Waals surface area contributed by atoms with E-state index in [0.29, 0.717) is 16.3 Å². The van der Waals surface area contributed by atoms with Crippen LogP contribution in [0.25, 0.3) is 0 Å². The van der Waals surface area contributed by atoms with Gasteiger partial charge in [-0.3, -0.25) is 4.79 Å². The largest absolute Gasteiger partial charge is 0.484 e. The first kappa shape index (κ1) is 16.3. The quantitative estimate of drug-likeness (QED) is 0.860. The van der Waals surface area contributed by atoms with Crippen LogP contribution in [0.1, 0.15) is 17.2 Å². The van der Waals surface area contributed by atoms with E-state index in [0.717, 1.165) is 5.56 Å². The smallest absolute Gasteiger partial charge is 0.258 e. The lowest BCUT2D eigenvalue weighted by atomic mass is 10.1. The third-order valence-corrected chi connectivity index (χ3v) is 3.46. The molecule has 1 amide bonds. The molecule has 0 aliphatic rings. The number of carbonyl (C=O) groups excluding carboxylic acids is 1. The number of aliphatic hydroxyl groups excluding tert-OH is 1. The van der Waals surface area contributed by atoms with Crippen molar-refractivity contribution in [1.82, 2.24) is 5.32 Å². The first-order valence-corrected chi connectivity index (χ1v) is 7.32. The van der Waals surface area contributed by atoms with E-state index in [-0.39, 0.29) is 19.1 Å². The zero-order valence-corrected chi connectivity index (χ0v) is 13.0. The van der Waals surface area contributed by atoms with Crippen LogP contribution in [0.3, 0.4) is 0 Å². The Morgan fingerprint density at radius 1 is 1.27 bits per heavy atom. The molecule has 0 bridgehead atoms. The van der Waals surface area contributed by atoms with Gasteiger partial charge >= 0.3 is 0 Å². The molecule has 2 aromatic rings.